The molecule has 8 heavy (non-hydrogen) atoms. The minimum absolute atomic E-state index is 0. The van der Waals surface area contributed by atoms with E-state index in [4.69, 9.17) is 4.74 Å². The summed E-state index contributed by atoms with van der Waals surface area (Å²) in [6.07, 6.45) is 0. The van der Waals surface area contributed by atoms with Gasteiger partial charge in [-0.2, -0.15) is 0 Å². The van der Waals surface area contributed by atoms with Crippen molar-refractivity contribution >= 4 is 0 Å². The molecule has 1 fully saturated rings. The van der Waals surface area contributed by atoms with Crippen molar-refractivity contribution in [2.45, 2.75) is 0 Å². The number of hydrogen-bond donors (Lipinski definition) is 1. The van der Waals surface area contributed by atoms with Crippen molar-refractivity contribution in [3.05, 3.63) is 6.54 Å². The van der Waals surface area contributed by atoms with Crippen LogP contribution in [0, 0.1) is 6.54 Å². The predicted octanol–water partition coefficient (Wildman–Crippen LogP) is -0.237. The van der Waals surface area contributed by atoms with E-state index in [0.29, 0.717) is 0 Å². The van der Waals surface area contributed by atoms with Crippen molar-refractivity contribution < 1.29 is 45.6 Å². The van der Waals surface area contributed by atoms with Gasteiger partial charge in [-0.15, -0.1) is 0 Å². The number of nitrogens with one attached hydrogen (secondary N) is 1. The van der Waals surface area contributed by atoms with E-state index in [2.05, 4.69) is 5.32 Å². The molecule has 0 spiro atoms. The van der Waals surface area contributed by atoms with Crippen LogP contribution < -0.4 is 5.32 Å². The zero-order chi connectivity index (χ0) is 4.24. The maximum absolute atomic E-state index is 4.95. The summed E-state index contributed by atoms with van der Waals surface area (Å²) < 4.78 is 4.95. The van der Waals surface area contributed by atoms with Crippen molar-refractivity contribution in [1.82, 2.24) is 5.32 Å². The maximum atomic E-state index is 4.95. The van der Waals surface area contributed by atoms with Gasteiger partial charge in [0.2, 0.25) is 0 Å². The smallest absolute Gasteiger partial charge is 0.0532 e. The zero-order valence-electron chi connectivity index (χ0n) is 4.36. The molecule has 2 radical (unpaired) electrons. The molecule has 0 aromatic rings. The predicted molar refractivity (Wildman–Crippen MR) is 23.1 cm³/mol. The molecular weight excluding hydrogens is 450 g/mol. The summed E-state index contributed by atoms with van der Waals surface area (Å²) in [5.74, 6) is 0. The van der Waals surface area contributed by atoms with E-state index in [1.807, 2.05) is 6.54 Å². The Labute approximate surface area is 77.1 Å². The summed E-state index contributed by atoms with van der Waals surface area (Å²) in [6.45, 7) is 4.51. The first kappa shape index (κ1) is 12.0. The van der Waals surface area contributed by atoms with E-state index in [1.165, 1.54) is 0 Å². The van der Waals surface area contributed by atoms with Crippen LogP contribution >= 0.6 is 0 Å². The Morgan fingerprint density at radius 2 is 2.12 bits per heavy atom. The van der Waals surface area contributed by atoms with Gasteiger partial charge in [-0.25, -0.2) is 6.54 Å². The van der Waals surface area contributed by atoms with Gasteiger partial charge in [0, 0.05) is 40.8 Å². The third kappa shape index (κ3) is 5.38. The first-order chi connectivity index (χ1) is 3.00. The second kappa shape index (κ2) is 8.24. The van der Waals surface area contributed by atoms with Gasteiger partial charge in [0.15, 0.2) is 0 Å². The third-order valence-corrected chi connectivity index (χ3v) is 0.736. The fourth-order valence-electron chi connectivity index (χ4n) is 0.434. The van der Waals surface area contributed by atoms with Crippen LogP contribution in [-0.2, 0) is 45.6 Å². The van der Waals surface area contributed by atoms with Gasteiger partial charge < -0.3 is 10.1 Å². The number of rotatable bonds is 0. The molecule has 2 nitrogen and oxygen atoms in total. The van der Waals surface area contributed by atoms with Gasteiger partial charge in [0.05, 0.1) is 6.61 Å². The summed E-state index contributed by atoms with van der Waals surface area (Å²) in [7, 11) is 0. The van der Waals surface area contributed by atoms with Gasteiger partial charge in [-0.05, 0) is 6.54 Å². The second-order valence-corrected chi connectivity index (χ2v) is 1.23. The van der Waals surface area contributed by atoms with Crippen LogP contribution in [0.5, 0.6) is 0 Å². The largest absolute Gasteiger partial charge is 0.466 e. The summed E-state index contributed by atoms with van der Waals surface area (Å²) in [5.41, 5.74) is 0. The van der Waals surface area contributed by atoms with Crippen molar-refractivity contribution in [2.24, 2.45) is 0 Å². The van der Waals surface area contributed by atoms with Crippen molar-refractivity contribution in [3.63, 3.8) is 0 Å². The second-order valence-electron chi connectivity index (χ2n) is 1.23. The summed E-state index contributed by atoms with van der Waals surface area (Å²) >= 11 is 0. The van der Waals surface area contributed by atoms with Gasteiger partial charge in [0.25, 0.3) is 0 Å². The normalized spacial score (nSPS) is 18.0. The summed E-state index contributed by atoms with van der Waals surface area (Å²) in [4.78, 5) is 0. The molecule has 1 N–H and O–H groups in total. The average Bonchev–Trinajstić information content (AvgIpc) is 1.72. The first-order valence-corrected chi connectivity index (χ1v) is 2.13. The van der Waals surface area contributed by atoms with Gasteiger partial charge in [-0.1, -0.05) is 6.61 Å². The Balaban J connectivity index is 0. The molecule has 1 aliphatic rings. The van der Waals surface area contributed by atoms with E-state index >= 15 is 0 Å². The van der Waals surface area contributed by atoms with Crippen LogP contribution in [0.25, 0.3) is 0 Å². The van der Waals surface area contributed by atoms with E-state index < -0.39 is 0 Å². The summed E-state index contributed by atoms with van der Waals surface area (Å²) in [6, 6.07) is 0. The number of ether oxygens (including phenoxy) is 1. The molecule has 0 amide bonds. The monoisotopic (exact) mass is 460 g/mol. The van der Waals surface area contributed by atoms with Crippen LogP contribution in [0.2, 0.25) is 0 Å². The molecule has 0 saturated carbocycles. The minimum atomic E-state index is 0. The molecule has 0 bridgehead atoms. The fourth-order valence-corrected chi connectivity index (χ4v) is 0.434. The molecular formula is C4H8NORe2-. The van der Waals surface area contributed by atoms with E-state index in [1.54, 1.807) is 0 Å². The molecule has 0 aromatic carbocycles. The third-order valence-electron chi connectivity index (χ3n) is 0.736. The summed E-state index contributed by atoms with van der Waals surface area (Å²) in [5, 5.41) is 3.03. The van der Waals surface area contributed by atoms with Crippen LogP contribution in [0.4, 0.5) is 0 Å². The quantitative estimate of drug-likeness (QED) is 0.507. The molecule has 1 aliphatic heterocycles. The molecule has 0 aromatic heterocycles. The van der Waals surface area contributed by atoms with Gasteiger partial charge in [0.1, 0.15) is 0 Å². The van der Waals surface area contributed by atoms with Crippen molar-refractivity contribution in [3.8, 4) is 0 Å². The van der Waals surface area contributed by atoms with Crippen molar-refractivity contribution in [2.75, 3.05) is 19.8 Å². The van der Waals surface area contributed by atoms with Crippen LogP contribution in [0.1, 0.15) is 0 Å². The molecule has 0 unspecified atom stereocenters. The average molecular weight is 459 g/mol. The van der Waals surface area contributed by atoms with E-state index in [9.17, 15) is 0 Å². The number of hydrogen-bond acceptors (Lipinski definition) is 2. The maximum Gasteiger partial charge on any atom is 0.0532 e. The Kier molecular flexibility index (Phi) is 12.3. The first-order valence-electron chi connectivity index (χ1n) is 2.13. The van der Waals surface area contributed by atoms with E-state index in [0.717, 1.165) is 19.8 Å². The molecule has 1 rings (SSSR count). The molecule has 1 heterocycles. The zero-order valence-corrected chi connectivity index (χ0v) is 9.79. The Morgan fingerprint density at radius 1 is 1.38 bits per heavy atom. The molecule has 50 valence electrons. The number of morpholine rings is 1. The topological polar surface area (TPSA) is 21.3 Å². The Morgan fingerprint density at radius 3 is 2.25 bits per heavy atom. The van der Waals surface area contributed by atoms with E-state index in [-0.39, 0.29) is 40.8 Å². The Bertz CT molecular complexity index is 29.5. The molecule has 1 saturated heterocycles. The van der Waals surface area contributed by atoms with Crippen molar-refractivity contribution in [1.29, 1.82) is 0 Å². The molecule has 0 atom stereocenters. The van der Waals surface area contributed by atoms with Gasteiger partial charge >= 0.3 is 0 Å². The standard InChI is InChI=1S/C4H8NO.2Re/c1-3-6-4-2-5-1;;/h1,5H,2-4H2;;/q-1;;. The minimum Gasteiger partial charge on any atom is -0.466 e. The van der Waals surface area contributed by atoms with Crippen LogP contribution in [-0.4, -0.2) is 19.8 Å². The van der Waals surface area contributed by atoms with Gasteiger partial charge in [-0.3, -0.25) is 0 Å². The fraction of sp³-hybridized carbons (Fsp3) is 0.750. The van der Waals surface area contributed by atoms with Crippen LogP contribution in [0.3, 0.4) is 0 Å². The molecule has 0 aliphatic carbocycles. The van der Waals surface area contributed by atoms with Crippen LogP contribution in [0.15, 0.2) is 0 Å². The Hall–Kier alpha value is 1.24. The SMILES string of the molecule is [CH-]1COCCN1.[Re].[Re]. The molecule has 4 heteroatoms.